The van der Waals surface area contributed by atoms with Crippen LogP contribution < -0.4 is 0 Å². The Morgan fingerprint density at radius 1 is 1.42 bits per heavy atom. The highest BCUT2D eigenvalue weighted by Crippen LogP contribution is 2.23. The zero-order chi connectivity index (χ0) is 9.35. The number of hydrogen-bond acceptors (Lipinski definition) is 2. The molecule has 0 atom stereocenters. The maximum Gasteiger partial charge on any atom is 0.321 e. The lowest BCUT2D eigenvalue weighted by atomic mass is 9.93. The van der Waals surface area contributed by atoms with Gasteiger partial charge in [-0.15, -0.1) is 0 Å². The monoisotopic (exact) mass is 168 g/mol. The lowest BCUT2D eigenvalue weighted by molar-refractivity contribution is -0.389. The predicted octanol–water partition coefficient (Wildman–Crippen LogP) is 2.22. The maximum absolute atomic E-state index is 10.3. The largest absolute Gasteiger partial charge is 0.358 e. The van der Waals surface area contributed by atoms with Crippen molar-refractivity contribution in [2.45, 2.75) is 26.2 Å². The molecule has 0 aliphatic heterocycles. The van der Waals surface area contributed by atoms with Crippen molar-refractivity contribution in [3.05, 3.63) is 27.9 Å². The molecule has 0 radical (unpaired) electrons. The van der Waals surface area contributed by atoms with Crippen LogP contribution in [0.1, 0.15) is 26.5 Å². The molecule has 0 fully saturated rings. The average Bonchev–Trinajstić information content (AvgIpc) is 2.30. The molecule has 1 aromatic heterocycles. The van der Waals surface area contributed by atoms with Gasteiger partial charge in [0, 0.05) is 11.5 Å². The first-order chi connectivity index (χ1) is 5.41. The minimum atomic E-state index is -0.421. The van der Waals surface area contributed by atoms with Crippen molar-refractivity contribution in [1.82, 2.24) is 4.98 Å². The van der Waals surface area contributed by atoms with E-state index >= 15 is 0 Å². The summed E-state index contributed by atoms with van der Waals surface area (Å²) in [5.74, 6) is 0.0555. The Hall–Kier alpha value is -1.32. The van der Waals surface area contributed by atoms with Crippen LogP contribution in [-0.4, -0.2) is 9.91 Å². The van der Waals surface area contributed by atoms with Gasteiger partial charge in [-0.05, 0) is 11.0 Å². The van der Waals surface area contributed by atoms with Crippen LogP contribution in [0.3, 0.4) is 0 Å². The number of aromatic nitrogens is 1. The van der Waals surface area contributed by atoms with E-state index in [4.69, 9.17) is 0 Å². The number of nitrogens with one attached hydrogen (secondary N) is 1. The summed E-state index contributed by atoms with van der Waals surface area (Å²) in [6.07, 6.45) is 0. The van der Waals surface area contributed by atoms with Gasteiger partial charge in [0.25, 0.3) is 0 Å². The molecule has 0 saturated carbocycles. The molecular formula is C8H12N2O2. The van der Waals surface area contributed by atoms with Gasteiger partial charge in [0.05, 0.1) is 0 Å². The predicted molar refractivity (Wildman–Crippen MR) is 46.1 cm³/mol. The van der Waals surface area contributed by atoms with Gasteiger partial charge in [-0.3, -0.25) is 0 Å². The molecular weight excluding hydrogens is 156 g/mol. The molecule has 1 heterocycles. The molecule has 1 N–H and O–H groups in total. The van der Waals surface area contributed by atoms with Crippen molar-refractivity contribution in [1.29, 1.82) is 0 Å². The van der Waals surface area contributed by atoms with Crippen LogP contribution >= 0.6 is 0 Å². The van der Waals surface area contributed by atoms with Crippen LogP contribution in [0.2, 0.25) is 0 Å². The summed E-state index contributed by atoms with van der Waals surface area (Å²) in [5, 5.41) is 10.3. The van der Waals surface area contributed by atoms with Crippen LogP contribution in [-0.2, 0) is 5.41 Å². The third kappa shape index (κ3) is 1.64. The summed E-state index contributed by atoms with van der Waals surface area (Å²) in [7, 11) is 0. The topological polar surface area (TPSA) is 58.9 Å². The van der Waals surface area contributed by atoms with Crippen LogP contribution in [0.4, 0.5) is 5.82 Å². The molecule has 0 amide bonds. The Morgan fingerprint density at radius 3 is 2.25 bits per heavy atom. The summed E-state index contributed by atoms with van der Waals surface area (Å²) in [6, 6.07) is 3.23. The molecule has 66 valence electrons. The van der Waals surface area contributed by atoms with E-state index in [1.165, 1.54) is 6.07 Å². The molecule has 0 saturated heterocycles. The minimum absolute atomic E-state index is 0.0555. The van der Waals surface area contributed by atoms with Gasteiger partial charge >= 0.3 is 5.82 Å². The Bertz CT molecular complexity index is 296. The number of nitro groups is 1. The Morgan fingerprint density at radius 2 is 2.00 bits per heavy atom. The Labute approximate surface area is 70.8 Å². The molecule has 1 rings (SSSR count). The zero-order valence-corrected chi connectivity index (χ0v) is 7.42. The van der Waals surface area contributed by atoms with E-state index in [0.29, 0.717) is 0 Å². The normalized spacial score (nSPS) is 11.6. The molecule has 0 unspecified atom stereocenters. The first kappa shape index (κ1) is 8.77. The first-order valence-corrected chi connectivity index (χ1v) is 3.75. The summed E-state index contributed by atoms with van der Waals surface area (Å²) < 4.78 is 0. The van der Waals surface area contributed by atoms with Gasteiger partial charge < -0.3 is 10.1 Å². The zero-order valence-electron chi connectivity index (χ0n) is 7.42. The van der Waals surface area contributed by atoms with E-state index in [1.54, 1.807) is 6.07 Å². The lowest BCUT2D eigenvalue weighted by Crippen LogP contribution is -2.11. The molecule has 1 aromatic rings. The summed E-state index contributed by atoms with van der Waals surface area (Å²) >= 11 is 0. The smallest absolute Gasteiger partial charge is 0.321 e. The number of aromatic amines is 1. The standard InChI is InChI=1S/C8H12N2O2/c1-8(2,3)6-4-5-7(9-6)10(11)12/h4-5,9H,1-3H3. The van der Waals surface area contributed by atoms with E-state index in [9.17, 15) is 10.1 Å². The van der Waals surface area contributed by atoms with Crippen molar-refractivity contribution >= 4 is 5.82 Å². The molecule has 12 heavy (non-hydrogen) atoms. The van der Waals surface area contributed by atoms with E-state index < -0.39 is 4.92 Å². The van der Waals surface area contributed by atoms with Crippen LogP contribution in [0.25, 0.3) is 0 Å². The summed E-state index contributed by atoms with van der Waals surface area (Å²) in [6.45, 7) is 6.01. The Kier molecular flexibility index (Phi) is 1.92. The fourth-order valence-corrected chi connectivity index (χ4v) is 0.928. The van der Waals surface area contributed by atoms with Crippen LogP contribution in [0, 0.1) is 10.1 Å². The van der Waals surface area contributed by atoms with Crippen molar-refractivity contribution in [2.24, 2.45) is 0 Å². The molecule has 0 aliphatic carbocycles. The second-order valence-electron chi connectivity index (χ2n) is 3.76. The SMILES string of the molecule is CC(C)(C)c1ccc([N+](=O)[O-])[nH]1. The van der Waals surface area contributed by atoms with Gasteiger partial charge in [0.1, 0.15) is 5.69 Å². The third-order valence-electron chi connectivity index (χ3n) is 1.68. The number of nitrogens with zero attached hydrogens (tertiary/aromatic N) is 1. The second kappa shape index (κ2) is 2.62. The Balaban J connectivity index is 3.00. The molecule has 4 heteroatoms. The van der Waals surface area contributed by atoms with E-state index in [2.05, 4.69) is 4.98 Å². The van der Waals surface area contributed by atoms with Crippen molar-refractivity contribution < 1.29 is 4.92 Å². The highest BCUT2D eigenvalue weighted by molar-refractivity contribution is 5.27. The molecule has 0 aliphatic rings. The fourth-order valence-electron chi connectivity index (χ4n) is 0.928. The van der Waals surface area contributed by atoms with Crippen LogP contribution in [0.5, 0.6) is 0 Å². The molecule has 0 aromatic carbocycles. The van der Waals surface area contributed by atoms with Crippen LogP contribution in [0.15, 0.2) is 12.1 Å². The first-order valence-electron chi connectivity index (χ1n) is 3.75. The van der Waals surface area contributed by atoms with Crippen molar-refractivity contribution in [3.8, 4) is 0 Å². The van der Waals surface area contributed by atoms with Gasteiger partial charge in [-0.1, -0.05) is 20.8 Å². The molecule has 0 spiro atoms. The molecule has 0 bridgehead atoms. The second-order valence-corrected chi connectivity index (χ2v) is 3.76. The van der Waals surface area contributed by atoms with Crippen molar-refractivity contribution in [2.75, 3.05) is 0 Å². The van der Waals surface area contributed by atoms with Gasteiger partial charge in [0.15, 0.2) is 0 Å². The van der Waals surface area contributed by atoms with E-state index in [-0.39, 0.29) is 11.2 Å². The quantitative estimate of drug-likeness (QED) is 0.516. The van der Waals surface area contributed by atoms with Crippen molar-refractivity contribution in [3.63, 3.8) is 0 Å². The third-order valence-corrected chi connectivity index (χ3v) is 1.68. The average molecular weight is 168 g/mol. The highest BCUT2D eigenvalue weighted by atomic mass is 16.6. The number of hydrogen-bond donors (Lipinski definition) is 1. The highest BCUT2D eigenvalue weighted by Gasteiger charge is 2.20. The fraction of sp³-hybridized carbons (Fsp3) is 0.500. The number of H-pyrrole nitrogens is 1. The van der Waals surface area contributed by atoms with Gasteiger partial charge in [-0.25, -0.2) is 4.98 Å². The lowest BCUT2D eigenvalue weighted by Gasteiger charge is -2.12. The van der Waals surface area contributed by atoms with Gasteiger partial charge in [-0.2, -0.15) is 0 Å². The van der Waals surface area contributed by atoms with E-state index in [1.807, 2.05) is 20.8 Å². The molecule has 4 nitrogen and oxygen atoms in total. The minimum Gasteiger partial charge on any atom is -0.358 e. The number of rotatable bonds is 1. The summed E-state index contributed by atoms with van der Waals surface area (Å²) in [5.41, 5.74) is 0.822. The maximum atomic E-state index is 10.3. The summed E-state index contributed by atoms with van der Waals surface area (Å²) in [4.78, 5) is 12.6. The van der Waals surface area contributed by atoms with Gasteiger partial charge in [0.2, 0.25) is 0 Å². The van der Waals surface area contributed by atoms with E-state index in [0.717, 1.165) is 5.69 Å².